The third-order valence-electron chi connectivity index (χ3n) is 3.02. The topological polar surface area (TPSA) is 53.6 Å². The van der Waals surface area contributed by atoms with E-state index >= 15 is 0 Å². The van der Waals surface area contributed by atoms with E-state index in [-0.39, 0.29) is 5.69 Å². The third kappa shape index (κ3) is 2.31. The fraction of sp³-hybridized carbons (Fsp3) is 0.143. The van der Waals surface area contributed by atoms with Gasteiger partial charge in [0.1, 0.15) is 17.3 Å². The SMILES string of the molecule is Cc1nc(Nc2ccc(F)c(F)c2F)c2cc(C)[nH]c2n1. The van der Waals surface area contributed by atoms with Crippen LogP contribution in [0.4, 0.5) is 24.7 Å². The molecule has 4 nitrogen and oxygen atoms in total. The molecule has 2 aromatic heterocycles. The van der Waals surface area contributed by atoms with Crippen molar-refractivity contribution in [1.29, 1.82) is 0 Å². The Kier molecular flexibility index (Phi) is 3.04. The number of fused-ring (bicyclic) bond motifs is 1. The summed E-state index contributed by atoms with van der Waals surface area (Å²) in [4.78, 5) is 11.4. The van der Waals surface area contributed by atoms with Gasteiger partial charge in [-0.25, -0.2) is 23.1 Å². The maximum atomic E-state index is 13.7. The molecule has 0 unspecified atom stereocenters. The second kappa shape index (κ2) is 4.76. The maximum Gasteiger partial charge on any atom is 0.196 e. The summed E-state index contributed by atoms with van der Waals surface area (Å²) in [6.45, 7) is 3.53. The predicted molar refractivity (Wildman–Crippen MR) is 73.0 cm³/mol. The number of aromatic amines is 1. The van der Waals surface area contributed by atoms with Crippen molar-refractivity contribution in [3.63, 3.8) is 0 Å². The van der Waals surface area contributed by atoms with Gasteiger partial charge in [0, 0.05) is 5.69 Å². The average molecular weight is 292 g/mol. The van der Waals surface area contributed by atoms with Crippen molar-refractivity contribution in [2.45, 2.75) is 13.8 Å². The van der Waals surface area contributed by atoms with Gasteiger partial charge in [-0.05, 0) is 32.0 Å². The quantitative estimate of drug-likeness (QED) is 0.707. The molecule has 0 saturated carbocycles. The van der Waals surface area contributed by atoms with Gasteiger partial charge in [0.25, 0.3) is 0 Å². The molecule has 0 aliphatic heterocycles. The highest BCUT2D eigenvalue weighted by atomic mass is 19.2. The number of nitrogens with zero attached hydrogens (tertiary/aromatic N) is 2. The molecule has 1 aromatic carbocycles. The van der Waals surface area contributed by atoms with E-state index in [1.54, 1.807) is 13.0 Å². The van der Waals surface area contributed by atoms with Gasteiger partial charge >= 0.3 is 0 Å². The van der Waals surface area contributed by atoms with Gasteiger partial charge < -0.3 is 10.3 Å². The molecule has 108 valence electrons. The van der Waals surface area contributed by atoms with E-state index in [4.69, 9.17) is 0 Å². The molecule has 0 fully saturated rings. The number of benzene rings is 1. The lowest BCUT2D eigenvalue weighted by molar-refractivity contribution is 0.449. The first-order chi connectivity index (χ1) is 9.95. The van der Waals surface area contributed by atoms with Crippen molar-refractivity contribution in [3.8, 4) is 0 Å². The highest BCUT2D eigenvalue weighted by Gasteiger charge is 2.15. The average Bonchev–Trinajstić information content (AvgIpc) is 2.79. The largest absolute Gasteiger partial charge is 0.343 e. The molecule has 3 rings (SSSR count). The zero-order valence-electron chi connectivity index (χ0n) is 11.3. The summed E-state index contributed by atoms with van der Waals surface area (Å²) >= 11 is 0. The Morgan fingerprint density at radius 1 is 1.05 bits per heavy atom. The number of halogens is 3. The van der Waals surface area contributed by atoms with E-state index in [1.807, 2.05) is 6.92 Å². The third-order valence-corrected chi connectivity index (χ3v) is 3.02. The molecule has 0 bridgehead atoms. The zero-order chi connectivity index (χ0) is 15.1. The number of anilines is 2. The standard InChI is InChI=1S/C14H11F3N4/c1-6-5-8-13(18-6)19-7(2)20-14(8)21-10-4-3-9(15)11(16)12(10)17/h3-5H,1-2H3,(H2,18,19,20,21). The van der Waals surface area contributed by atoms with Crippen molar-refractivity contribution in [2.24, 2.45) is 0 Å². The second-order valence-corrected chi connectivity index (χ2v) is 4.68. The summed E-state index contributed by atoms with van der Waals surface area (Å²) in [5.74, 6) is -3.25. The molecule has 0 atom stereocenters. The number of nitrogens with one attached hydrogen (secondary N) is 2. The van der Waals surface area contributed by atoms with E-state index in [0.717, 1.165) is 17.8 Å². The van der Waals surface area contributed by atoms with Crippen molar-refractivity contribution in [2.75, 3.05) is 5.32 Å². The maximum absolute atomic E-state index is 13.7. The predicted octanol–water partition coefficient (Wildman–Crippen LogP) is 3.74. The lowest BCUT2D eigenvalue weighted by atomic mass is 10.2. The van der Waals surface area contributed by atoms with Crippen LogP contribution < -0.4 is 5.32 Å². The van der Waals surface area contributed by atoms with Crippen LogP contribution in [-0.4, -0.2) is 15.0 Å². The van der Waals surface area contributed by atoms with Crippen molar-refractivity contribution >= 4 is 22.5 Å². The first-order valence-corrected chi connectivity index (χ1v) is 6.20. The van der Waals surface area contributed by atoms with Crippen LogP contribution in [0.5, 0.6) is 0 Å². The van der Waals surface area contributed by atoms with Gasteiger partial charge in [-0.2, -0.15) is 0 Å². The van der Waals surface area contributed by atoms with Crippen LogP contribution in [0.2, 0.25) is 0 Å². The molecule has 3 aromatic rings. The molecule has 2 N–H and O–H groups in total. The number of aryl methyl sites for hydroxylation is 2. The van der Waals surface area contributed by atoms with Gasteiger partial charge in [-0.1, -0.05) is 0 Å². The van der Waals surface area contributed by atoms with Crippen molar-refractivity contribution < 1.29 is 13.2 Å². The summed E-state index contributed by atoms with van der Waals surface area (Å²) in [6, 6.07) is 3.76. The molecular weight excluding hydrogens is 281 g/mol. The highest BCUT2D eigenvalue weighted by molar-refractivity contribution is 5.89. The fourth-order valence-corrected chi connectivity index (χ4v) is 2.10. The number of hydrogen-bond acceptors (Lipinski definition) is 3. The Balaban J connectivity index is 2.12. The van der Waals surface area contributed by atoms with E-state index in [1.165, 1.54) is 0 Å². The first-order valence-electron chi connectivity index (χ1n) is 6.20. The number of hydrogen-bond donors (Lipinski definition) is 2. The molecule has 0 saturated heterocycles. The number of H-pyrrole nitrogens is 1. The minimum absolute atomic E-state index is 0.188. The van der Waals surface area contributed by atoms with E-state index in [0.29, 0.717) is 22.7 Å². The Bertz CT molecular complexity index is 842. The van der Waals surface area contributed by atoms with Gasteiger partial charge in [-0.3, -0.25) is 0 Å². The smallest absolute Gasteiger partial charge is 0.196 e. The molecular formula is C14H11F3N4. The number of aromatic nitrogens is 3. The minimum atomic E-state index is -1.52. The van der Waals surface area contributed by atoms with E-state index in [2.05, 4.69) is 20.3 Å². The van der Waals surface area contributed by atoms with Gasteiger partial charge in [0.2, 0.25) is 0 Å². The summed E-state index contributed by atoms with van der Waals surface area (Å²) < 4.78 is 39.9. The normalized spacial score (nSPS) is 11.1. The summed E-state index contributed by atoms with van der Waals surface area (Å²) in [5.41, 5.74) is 1.26. The monoisotopic (exact) mass is 292 g/mol. The highest BCUT2D eigenvalue weighted by Crippen LogP contribution is 2.27. The summed E-state index contributed by atoms with van der Waals surface area (Å²) in [6.07, 6.45) is 0. The minimum Gasteiger partial charge on any atom is -0.343 e. The molecule has 2 heterocycles. The Hall–Kier alpha value is -2.57. The lowest BCUT2D eigenvalue weighted by Crippen LogP contribution is -2.02. The molecule has 0 spiro atoms. The van der Waals surface area contributed by atoms with Crippen LogP contribution >= 0.6 is 0 Å². The molecule has 21 heavy (non-hydrogen) atoms. The lowest BCUT2D eigenvalue weighted by Gasteiger charge is -2.09. The molecule has 0 aliphatic carbocycles. The van der Waals surface area contributed by atoms with Crippen LogP contribution in [-0.2, 0) is 0 Å². The number of rotatable bonds is 2. The van der Waals surface area contributed by atoms with Crippen molar-refractivity contribution in [3.05, 3.63) is 47.2 Å². The molecule has 0 aliphatic rings. The van der Waals surface area contributed by atoms with Crippen molar-refractivity contribution in [1.82, 2.24) is 15.0 Å². The Morgan fingerprint density at radius 2 is 1.81 bits per heavy atom. The zero-order valence-corrected chi connectivity index (χ0v) is 11.3. The molecule has 7 heteroatoms. The molecule has 0 radical (unpaired) electrons. The van der Waals surface area contributed by atoms with Crippen LogP contribution in [0, 0.1) is 31.3 Å². The van der Waals surface area contributed by atoms with E-state index in [9.17, 15) is 13.2 Å². The van der Waals surface area contributed by atoms with Gasteiger partial charge in [0.15, 0.2) is 17.5 Å². The van der Waals surface area contributed by atoms with Gasteiger partial charge in [-0.15, -0.1) is 0 Å². The van der Waals surface area contributed by atoms with Gasteiger partial charge in [0.05, 0.1) is 11.1 Å². The second-order valence-electron chi connectivity index (χ2n) is 4.68. The summed E-state index contributed by atoms with van der Waals surface area (Å²) in [5, 5.41) is 3.33. The van der Waals surface area contributed by atoms with Crippen LogP contribution in [0.3, 0.4) is 0 Å². The first kappa shape index (κ1) is 13.4. The summed E-state index contributed by atoms with van der Waals surface area (Å²) in [7, 11) is 0. The molecule has 0 amide bonds. The van der Waals surface area contributed by atoms with Crippen LogP contribution in [0.15, 0.2) is 18.2 Å². The van der Waals surface area contributed by atoms with E-state index < -0.39 is 17.5 Å². The fourth-order valence-electron chi connectivity index (χ4n) is 2.10. The Morgan fingerprint density at radius 3 is 2.57 bits per heavy atom. The Labute approximate surface area is 118 Å². The van der Waals surface area contributed by atoms with Crippen LogP contribution in [0.25, 0.3) is 11.0 Å². The van der Waals surface area contributed by atoms with Crippen LogP contribution in [0.1, 0.15) is 11.5 Å².